The van der Waals surface area contributed by atoms with Gasteiger partial charge in [-0.05, 0) is 56.3 Å². The van der Waals surface area contributed by atoms with E-state index in [1.807, 2.05) is 0 Å². The number of hydrogen-bond donors (Lipinski definition) is 3. The summed E-state index contributed by atoms with van der Waals surface area (Å²) < 4.78 is 26.1. The molecule has 0 aromatic heterocycles. The summed E-state index contributed by atoms with van der Waals surface area (Å²) in [5.41, 5.74) is 4.82. The Balaban J connectivity index is 1.56. The second kappa shape index (κ2) is 4.83. The summed E-state index contributed by atoms with van der Waals surface area (Å²) in [6.07, 6.45) is 6.90. The van der Waals surface area contributed by atoms with Gasteiger partial charge in [-0.2, -0.15) is 0 Å². The minimum atomic E-state index is -3.03. The molecule has 4 N–H and O–H groups in total. The van der Waals surface area contributed by atoms with Crippen LogP contribution in [0, 0.1) is 17.8 Å². The smallest absolute Gasteiger partial charge is 0.315 e. The first kappa shape index (κ1) is 14.0. The molecule has 0 aromatic rings. The highest BCUT2D eigenvalue weighted by molar-refractivity contribution is 5.75. The van der Waals surface area contributed by atoms with E-state index >= 15 is 0 Å². The zero-order valence-corrected chi connectivity index (χ0v) is 11.6. The highest BCUT2D eigenvalue weighted by Gasteiger charge is 2.51. The van der Waals surface area contributed by atoms with Crippen LogP contribution < -0.4 is 16.4 Å². The Kier molecular flexibility index (Phi) is 3.39. The Morgan fingerprint density at radius 2 is 1.65 bits per heavy atom. The van der Waals surface area contributed by atoms with Gasteiger partial charge >= 0.3 is 6.03 Å². The number of carbonyl (C=O) groups excluding carboxylic acids is 1. The van der Waals surface area contributed by atoms with E-state index in [0.717, 1.165) is 19.3 Å². The molecule has 114 valence electrons. The molecule has 0 saturated heterocycles. The molecule has 0 aliphatic heterocycles. The molecular weight excluding hydrogens is 264 g/mol. The van der Waals surface area contributed by atoms with Crippen LogP contribution in [0.15, 0.2) is 0 Å². The lowest BCUT2D eigenvalue weighted by Gasteiger charge is -2.56. The summed E-state index contributed by atoms with van der Waals surface area (Å²) in [5, 5.41) is 5.27. The minimum Gasteiger partial charge on any atom is -0.333 e. The van der Waals surface area contributed by atoms with Gasteiger partial charge in [0.25, 0.3) is 5.92 Å². The van der Waals surface area contributed by atoms with Gasteiger partial charge in [-0.1, -0.05) is 0 Å². The van der Waals surface area contributed by atoms with Crippen LogP contribution in [0.3, 0.4) is 0 Å². The van der Waals surface area contributed by atoms with Crippen LogP contribution in [0.5, 0.6) is 0 Å². The molecule has 0 aromatic carbocycles. The van der Waals surface area contributed by atoms with Crippen molar-refractivity contribution in [1.82, 2.24) is 10.6 Å². The van der Waals surface area contributed by atoms with Crippen LogP contribution in [0.25, 0.3) is 0 Å². The Morgan fingerprint density at radius 3 is 2.10 bits per heavy atom. The van der Waals surface area contributed by atoms with E-state index in [2.05, 4.69) is 10.6 Å². The summed E-state index contributed by atoms with van der Waals surface area (Å²) in [5.74, 6) is -0.884. The maximum absolute atomic E-state index is 13.0. The normalized spacial score (nSPS) is 38.9. The Morgan fingerprint density at radius 1 is 1.15 bits per heavy atom. The van der Waals surface area contributed by atoms with E-state index in [1.54, 1.807) is 0 Å². The lowest BCUT2D eigenvalue weighted by atomic mass is 9.53. The van der Waals surface area contributed by atoms with Crippen molar-refractivity contribution in [2.75, 3.05) is 13.1 Å². The van der Waals surface area contributed by atoms with Gasteiger partial charge in [-0.25, -0.2) is 13.6 Å². The number of alkyl halides is 2. The first-order valence-electron chi connectivity index (χ1n) is 7.54. The van der Waals surface area contributed by atoms with Crippen molar-refractivity contribution in [2.24, 2.45) is 23.5 Å². The van der Waals surface area contributed by atoms with E-state index < -0.39 is 25.0 Å². The van der Waals surface area contributed by atoms with Crippen LogP contribution in [0.4, 0.5) is 13.6 Å². The minimum absolute atomic E-state index is 0.142. The average Bonchev–Trinajstić information content (AvgIpc) is 2.34. The van der Waals surface area contributed by atoms with Crippen molar-refractivity contribution in [3.63, 3.8) is 0 Å². The standard InChI is InChI=1S/C14H23F2N3O/c15-14(16,7-17)8-18-12(20)19-13-4-9-1-10(5-13)3-11(2-9)6-13/h9-11H,1-8,17H2,(H2,18,19,20). The highest BCUT2D eigenvalue weighted by atomic mass is 19.3. The van der Waals surface area contributed by atoms with Crippen molar-refractivity contribution in [3.8, 4) is 0 Å². The summed E-state index contributed by atoms with van der Waals surface area (Å²) in [6.45, 7) is -1.44. The molecule has 0 radical (unpaired) electrons. The van der Waals surface area contributed by atoms with Crippen LogP contribution in [0.2, 0.25) is 0 Å². The Hall–Kier alpha value is -0.910. The topological polar surface area (TPSA) is 67.1 Å². The molecule has 4 fully saturated rings. The summed E-state index contributed by atoms with van der Waals surface area (Å²) in [4.78, 5) is 11.9. The van der Waals surface area contributed by atoms with Gasteiger partial charge in [-0.3, -0.25) is 0 Å². The molecule has 4 saturated carbocycles. The average molecular weight is 287 g/mol. The lowest BCUT2D eigenvalue weighted by molar-refractivity contribution is -0.0152. The van der Waals surface area contributed by atoms with Gasteiger partial charge in [0.1, 0.15) is 0 Å². The number of nitrogens with one attached hydrogen (secondary N) is 2. The van der Waals surface area contributed by atoms with Crippen LogP contribution in [-0.4, -0.2) is 30.6 Å². The largest absolute Gasteiger partial charge is 0.333 e. The number of carbonyl (C=O) groups is 1. The van der Waals surface area contributed by atoms with E-state index in [-0.39, 0.29) is 5.54 Å². The molecule has 0 unspecified atom stereocenters. The summed E-state index contributed by atoms with van der Waals surface area (Å²) >= 11 is 0. The van der Waals surface area contributed by atoms with Gasteiger partial charge in [-0.15, -0.1) is 0 Å². The number of urea groups is 1. The third-order valence-corrected chi connectivity index (χ3v) is 5.22. The molecule has 4 aliphatic carbocycles. The van der Waals surface area contributed by atoms with Gasteiger partial charge in [0.15, 0.2) is 0 Å². The summed E-state index contributed by atoms with van der Waals surface area (Å²) in [7, 11) is 0. The maximum atomic E-state index is 13.0. The zero-order valence-electron chi connectivity index (χ0n) is 11.6. The van der Waals surface area contributed by atoms with Gasteiger partial charge in [0.05, 0.1) is 13.1 Å². The molecule has 4 nitrogen and oxygen atoms in total. The first-order chi connectivity index (χ1) is 9.40. The molecule has 4 bridgehead atoms. The number of hydrogen-bond acceptors (Lipinski definition) is 2. The maximum Gasteiger partial charge on any atom is 0.315 e. The zero-order chi connectivity index (χ0) is 14.4. The van der Waals surface area contributed by atoms with Crippen molar-refractivity contribution in [3.05, 3.63) is 0 Å². The van der Waals surface area contributed by atoms with Crippen molar-refractivity contribution in [2.45, 2.75) is 50.0 Å². The predicted octanol–water partition coefficient (Wildman–Crippen LogP) is 1.85. The quantitative estimate of drug-likeness (QED) is 0.738. The summed E-state index contributed by atoms with van der Waals surface area (Å²) in [6, 6.07) is -0.472. The fourth-order valence-electron chi connectivity index (χ4n) is 4.83. The van der Waals surface area contributed by atoms with Crippen molar-refractivity contribution < 1.29 is 13.6 Å². The SMILES string of the molecule is NCC(F)(F)CNC(=O)NC12CC3CC(CC(C3)C1)C2. The number of halogens is 2. The van der Waals surface area contributed by atoms with Gasteiger partial charge in [0, 0.05) is 5.54 Å². The van der Waals surface area contributed by atoms with E-state index in [1.165, 1.54) is 19.3 Å². The third-order valence-electron chi connectivity index (χ3n) is 5.22. The second-order valence-corrected chi connectivity index (χ2v) is 7.07. The highest BCUT2D eigenvalue weighted by Crippen LogP contribution is 2.55. The fourth-order valence-corrected chi connectivity index (χ4v) is 4.83. The van der Waals surface area contributed by atoms with Crippen LogP contribution >= 0.6 is 0 Å². The Bertz CT molecular complexity index is 365. The van der Waals surface area contributed by atoms with Crippen LogP contribution in [0.1, 0.15) is 38.5 Å². The number of nitrogens with two attached hydrogens (primary N) is 1. The number of amides is 2. The van der Waals surface area contributed by atoms with Gasteiger partial charge in [0.2, 0.25) is 0 Å². The third kappa shape index (κ3) is 2.75. The van der Waals surface area contributed by atoms with Crippen molar-refractivity contribution >= 4 is 6.03 Å². The molecule has 0 spiro atoms. The van der Waals surface area contributed by atoms with E-state index in [9.17, 15) is 13.6 Å². The molecule has 4 aliphatic rings. The van der Waals surface area contributed by atoms with E-state index in [0.29, 0.717) is 17.8 Å². The lowest BCUT2D eigenvalue weighted by Crippen LogP contribution is -2.62. The van der Waals surface area contributed by atoms with Crippen LogP contribution in [-0.2, 0) is 0 Å². The first-order valence-corrected chi connectivity index (χ1v) is 7.54. The number of rotatable bonds is 4. The molecular formula is C14H23F2N3O. The molecule has 0 heterocycles. The Labute approximate surface area is 117 Å². The fraction of sp³-hybridized carbons (Fsp3) is 0.929. The van der Waals surface area contributed by atoms with Gasteiger partial charge < -0.3 is 16.4 Å². The second-order valence-electron chi connectivity index (χ2n) is 7.07. The molecule has 4 rings (SSSR count). The molecule has 20 heavy (non-hydrogen) atoms. The molecule has 0 atom stereocenters. The molecule has 2 amide bonds. The molecule has 6 heteroatoms. The van der Waals surface area contributed by atoms with E-state index in [4.69, 9.17) is 5.73 Å². The monoisotopic (exact) mass is 287 g/mol. The van der Waals surface area contributed by atoms with Crippen molar-refractivity contribution in [1.29, 1.82) is 0 Å². The predicted molar refractivity (Wildman–Crippen MR) is 71.4 cm³/mol.